The molecule has 0 spiro atoms. The van der Waals surface area contributed by atoms with Crippen LogP contribution in [0.1, 0.15) is 5.56 Å². The number of hydrogen-bond acceptors (Lipinski definition) is 7. The van der Waals surface area contributed by atoms with Crippen LogP contribution in [0.25, 0.3) is 11.5 Å². The van der Waals surface area contributed by atoms with Crippen LogP contribution >= 0.6 is 0 Å². The molecule has 8 heteroatoms. The highest BCUT2D eigenvalue weighted by Crippen LogP contribution is 2.19. The highest BCUT2D eigenvalue weighted by atomic mass is 16.6. The number of nitro benzene ring substituents is 1. The fraction of sp³-hybridized carbons (Fsp3) is 0.0625. The van der Waals surface area contributed by atoms with Gasteiger partial charge in [0.2, 0.25) is 0 Å². The Morgan fingerprint density at radius 1 is 1.17 bits per heavy atom. The van der Waals surface area contributed by atoms with Crippen LogP contribution in [0.4, 0.5) is 11.6 Å². The van der Waals surface area contributed by atoms with Crippen LogP contribution in [-0.4, -0.2) is 28.3 Å². The second-order valence-electron chi connectivity index (χ2n) is 4.88. The third kappa shape index (κ3) is 3.43. The lowest BCUT2D eigenvalue weighted by Crippen LogP contribution is -2.10. The third-order valence-electron chi connectivity index (χ3n) is 3.21. The number of benzene rings is 2. The maximum absolute atomic E-state index is 10.6. The average Bonchev–Trinajstić information content (AvgIpc) is 3.11. The van der Waals surface area contributed by atoms with Gasteiger partial charge in [-0.05, 0) is 35.0 Å². The maximum Gasteiger partial charge on any atom is 0.286 e. The molecule has 8 nitrogen and oxygen atoms in total. The zero-order chi connectivity index (χ0) is 16.9. The molecule has 2 aromatic carbocycles. The summed E-state index contributed by atoms with van der Waals surface area (Å²) < 4.78 is 5.21. The third-order valence-corrected chi connectivity index (χ3v) is 3.21. The number of nitro groups is 1. The zero-order valence-electron chi connectivity index (χ0n) is 12.7. The molecular weight excluding hydrogens is 310 g/mol. The summed E-state index contributed by atoms with van der Waals surface area (Å²) in [6, 6.07) is 15.5. The minimum absolute atomic E-state index is 0.0335. The van der Waals surface area contributed by atoms with Gasteiger partial charge < -0.3 is 4.52 Å². The molecule has 0 radical (unpaired) electrons. The van der Waals surface area contributed by atoms with Gasteiger partial charge in [-0.3, -0.25) is 10.1 Å². The lowest BCUT2D eigenvalue weighted by atomic mass is 10.2. The summed E-state index contributed by atoms with van der Waals surface area (Å²) in [5, 5.41) is 20.2. The van der Waals surface area contributed by atoms with E-state index in [0.717, 1.165) is 11.1 Å². The largest absolute Gasteiger partial charge is 0.332 e. The zero-order valence-corrected chi connectivity index (χ0v) is 12.7. The van der Waals surface area contributed by atoms with Crippen LogP contribution in [0, 0.1) is 10.1 Å². The predicted octanol–water partition coefficient (Wildman–Crippen LogP) is 3.12. The molecule has 1 heterocycles. The Balaban J connectivity index is 1.72. The van der Waals surface area contributed by atoms with Crippen LogP contribution < -0.4 is 5.01 Å². The van der Waals surface area contributed by atoms with Gasteiger partial charge in [-0.2, -0.15) is 10.1 Å². The van der Waals surface area contributed by atoms with Crippen molar-refractivity contribution in [2.75, 3.05) is 12.1 Å². The Hall–Kier alpha value is -3.55. The molecule has 1 aromatic heterocycles. The van der Waals surface area contributed by atoms with Crippen LogP contribution in [-0.2, 0) is 0 Å². The lowest BCUT2D eigenvalue weighted by molar-refractivity contribution is -0.384. The van der Waals surface area contributed by atoms with E-state index in [4.69, 9.17) is 4.52 Å². The van der Waals surface area contributed by atoms with Gasteiger partial charge in [-0.25, -0.2) is 5.01 Å². The molecule has 0 fully saturated rings. The summed E-state index contributed by atoms with van der Waals surface area (Å²) in [6.45, 7) is 0. The van der Waals surface area contributed by atoms with Gasteiger partial charge >= 0.3 is 0 Å². The first-order valence-electron chi connectivity index (χ1n) is 7.05. The summed E-state index contributed by atoms with van der Waals surface area (Å²) >= 11 is 0. The van der Waals surface area contributed by atoms with Crippen LogP contribution in [0.5, 0.6) is 0 Å². The summed E-state index contributed by atoms with van der Waals surface area (Å²) in [7, 11) is 1.68. The standard InChI is InChI=1S/C16H13N5O3/c1-20(17-11-12-7-9-14(10-8-12)21(22)23)16-18-15(24-19-16)13-5-3-2-4-6-13/h2-11H,1H3/b17-11+. The van der Waals surface area contributed by atoms with Crippen molar-refractivity contribution in [2.24, 2.45) is 5.10 Å². The smallest absolute Gasteiger partial charge is 0.286 e. The average molecular weight is 323 g/mol. The van der Waals surface area contributed by atoms with Gasteiger partial charge in [-0.1, -0.05) is 18.2 Å². The Kier molecular flexibility index (Phi) is 4.28. The van der Waals surface area contributed by atoms with Crippen LogP contribution in [0.2, 0.25) is 0 Å². The number of hydrazone groups is 1. The second-order valence-corrected chi connectivity index (χ2v) is 4.88. The number of nitrogens with zero attached hydrogens (tertiary/aromatic N) is 5. The molecule has 0 aliphatic heterocycles. The molecule has 3 rings (SSSR count). The van der Waals surface area contributed by atoms with Crippen molar-refractivity contribution in [1.29, 1.82) is 0 Å². The number of hydrogen-bond donors (Lipinski definition) is 0. The molecule has 0 atom stereocenters. The second kappa shape index (κ2) is 6.69. The van der Waals surface area contributed by atoms with E-state index in [1.165, 1.54) is 17.1 Å². The van der Waals surface area contributed by atoms with Crippen LogP contribution in [0.3, 0.4) is 0 Å². The predicted molar refractivity (Wildman–Crippen MR) is 88.8 cm³/mol. The Bertz CT molecular complexity index is 859. The van der Waals surface area contributed by atoms with Gasteiger partial charge in [0.25, 0.3) is 17.5 Å². The van der Waals surface area contributed by atoms with E-state index >= 15 is 0 Å². The first-order chi connectivity index (χ1) is 11.6. The molecule has 0 aliphatic rings. The number of rotatable bonds is 5. The molecule has 24 heavy (non-hydrogen) atoms. The first kappa shape index (κ1) is 15.3. The quantitative estimate of drug-likeness (QED) is 0.406. The molecule has 0 bridgehead atoms. The van der Waals surface area contributed by atoms with Crippen molar-refractivity contribution in [1.82, 2.24) is 10.1 Å². The minimum atomic E-state index is -0.447. The first-order valence-corrected chi connectivity index (χ1v) is 7.05. The van der Waals surface area contributed by atoms with Crippen molar-refractivity contribution in [3.8, 4) is 11.5 Å². The van der Waals surface area contributed by atoms with Gasteiger partial charge in [0.05, 0.1) is 11.1 Å². The van der Waals surface area contributed by atoms with Crippen LogP contribution in [0.15, 0.2) is 64.2 Å². The highest BCUT2D eigenvalue weighted by Gasteiger charge is 2.11. The van der Waals surface area contributed by atoms with E-state index in [-0.39, 0.29) is 5.69 Å². The Morgan fingerprint density at radius 3 is 2.54 bits per heavy atom. The van der Waals surface area contributed by atoms with Gasteiger partial charge in [0.1, 0.15) is 0 Å². The monoisotopic (exact) mass is 323 g/mol. The van der Waals surface area contributed by atoms with E-state index in [1.54, 1.807) is 25.4 Å². The topological polar surface area (TPSA) is 97.7 Å². The molecule has 0 saturated heterocycles. The van der Waals surface area contributed by atoms with Crippen molar-refractivity contribution in [3.63, 3.8) is 0 Å². The van der Waals surface area contributed by atoms with Crippen molar-refractivity contribution >= 4 is 17.9 Å². The fourth-order valence-electron chi connectivity index (χ4n) is 1.93. The SMILES string of the molecule is CN(/N=C/c1ccc([N+](=O)[O-])cc1)c1noc(-c2ccccc2)n1. The minimum Gasteiger partial charge on any atom is -0.332 e. The molecular formula is C16H13N5O3. The van der Waals surface area contributed by atoms with E-state index in [0.29, 0.717) is 11.8 Å². The van der Waals surface area contributed by atoms with Gasteiger partial charge in [0.15, 0.2) is 0 Å². The van der Waals surface area contributed by atoms with Crippen molar-refractivity contribution in [2.45, 2.75) is 0 Å². The van der Waals surface area contributed by atoms with E-state index in [2.05, 4.69) is 15.2 Å². The Labute approximate surface area is 137 Å². The number of non-ortho nitro benzene ring substituents is 1. The molecule has 0 N–H and O–H groups in total. The summed E-state index contributed by atoms with van der Waals surface area (Å²) in [5.74, 6) is 0.718. The molecule has 3 aromatic rings. The van der Waals surface area contributed by atoms with E-state index < -0.39 is 4.92 Å². The molecule has 0 unspecified atom stereocenters. The maximum atomic E-state index is 10.6. The number of anilines is 1. The normalized spacial score (nSPS) is 10.9. The number of aromatic nitrogens is 2. The molecule has 0 amide bonds. The Morgan fingerprint density at radius 2 is 1.88 bits per heavy atom. The fourth-order valence-corrected chi connectivity index (χ4v) is 1.93. The molecule has 120 valence electrons. The van der Waals surface area contributed by atoms with E-state index in [1.807, 2.05) is 30.3 Å². The van der Waals surface area contributed by atoms with E-state index in [9.17, 15) is 10.1 Å². The highest BCUT2D eigenvalue weighted by molar-refractivity contribution is 5.80. The van der Waals surface area contributed by atoms with Crippen molar-refractivity contribution < 1.29 is 9.45 Å². The summed E-state index contributed by atoms with van der Waals surface area (Å²) in [6.07, 6.45) is 1.56. The van der Waals surface area contributed by atoms with Gasteiger partial charge in [0, 0.05) is 24.7 Å². The van der Waals surface area contributed by atoms with Crippen molar-refractivity contribution in [3.05, 3.63) is 70.3 Å². The lowest BCUT2D eigenvalue weighted by Gasteiger charge is -2.05. The molecule has 0 aliphatic carbocycles. The summed E-state index contributed by atoms with van der Waals surface area (Å²) in [5.41, 5.74) is 1.58. The summed E-state index contributed by atoms with van der Waals surface area (Å²) in [4.78, 5) is 14.4. The molecule has 0 saturated carbocycles. The van der Waals surface area contributed by atoms with Gasteiger partial charge in [-0.15, -0.1) is 0 Å².